The van der Waals surface area contributed by atoms with E-state index in [0.717, 1.165) is 30.6 Å². The lowest BCUT2D eigenvalue weighted by atomic mass is 10.2. The van der Waals surface area contributed by atoms with Gasteiger partial charge in [0.25, 0.3) is 0 Å². The van der Waals surface area contributed by atoms with Crippen molar-refractivity contribution in [2.45, 2.75) is 25.8 Å². The van der Waals surface area contributed by atoms with Crippen molar-refractivity contribution in [1.29, 1.82) is 0 Å². The van der Waals surface area contributed by atoms with Crippen LogP contribution in [0, 0.1) is 0 Å². The van der Waals surface area contributed by atoms with Gasteiger partial charge in [-0.1, -0.05) is 11.6 Å². The summed E-state index contributed by atoms with van der Waals surface area (Å²) in [6, 6.07) is 5.46. The molecule has 0 aliphatic carbocycles. The number of rotatable bonds is 7. The Morgan fingerprint density at radius 3 is 2.75 bits per heavy atom. The number of aliphatic hydroxyl groups excluding tert-OH is 1. The third-order valence-corrected chi connectivity index (χ3v) is 2.54. The second-order valence-corrected chi connectivity index (χ2v) is 4.03. The maximum Gasteiger partial charge on any atom is 0.123 e. The van der Waals surface area contributed by atoms with E-state index >= 15 is 0 Å². The Kier molecular flexibility index (Phi) is 6.23. The lowest BCUT2D eigenvalue weighted by molar-refractivity contribution is 0.265. The predicted octanol–water partition coefficient (Wildman–Crippen LogP) is 2.34. The van der Waals surface area contributed by atoms with Gasteiger partial charge in [-0.2, -0.15) is 0 Å². The van der Waals surface area contributed by atoms with Gasteiger partial charge in [-0.15, -0.1) is 0 Å². The number of halogens is 1. The lowest BCUT2D eigenvalue weighted by Gasteiger charge is -2.10. The molecule has 1 aromatic carbocycles. The molecule has 0 fully saturated rings. The standard InChI is InChI=1S/C12H18ClNO2/c13-11-4-5-12(10(8-11)9-14)16-7-3-1-2-6-15/h4-5,8,15H,1-3,6-7,9,14H2. The highest BCUT2D eigenvalue weighted by atomic mass is 35.5. The van der Waals surface area contributed by atoms with Crippen molar-refractivity contribution in [2.75, 3.05) is 13.2 Å². The van der Waals surface area contributed by atoms with Crippen molar-refractivity contribution in [1.82, 2.24) is 0 Å². The van der Waals surface area contributed by atoms with Crippen LogP contribution in [0.4, 0.5) is 0 Å². The molecule has 0 saturated heterocycles. The fourth-order valence-electron chi connectivity index (χ4n) is 1.42. The second-order valence-electron chi connectivity index (χ2n) is 3.59. The minimum Gasteiger partial charge on any atom is -0.493 e. The molecule has 4 heteroatoms. The minimum absolute atomic E-state index is 0.245. The third-order valence-electron chi connectivity index (χ3n) is 2.30. The summed E-state index contributed by atoms with van der Waals surface area (Å²) in [6.07, 6.45) is 2.74. The lowest BCUT2D eigenvalue weighted by Crippen LogP contribution is -2.04. The monoisotopic (exact) mass is 243 g/mol. The van der Waals surface area contributed by atoms with Crippen LogP contribution in [-0.4, -0.2) is 18.3 Å². The van der Waals surface area contributed by atoms with E-state index in [2.05, 4.69) is 0 Å². The molecule has 16 heavy (non-hydrogen) atoms. The molecule has 0 spiro atoms. The van der Waals surface area contributed by atoms with Gasteiger partial charge in [0.05, 0.1) is 6.61 Å². The summed E-state index contributed by atoms with van der Waals surface area (Å²) in [5.41, 5.74) is 6.53. The summed E-state index contributed by atoms with van der Waals surface area (Å²) in [4.78, 5) is 0. The molecule has 1 rings (SSSR count). The first-order valence-electron chi connectivity index (χ1n) is 5.50. The molecule has 0 atom stereocenters. The minimum atomic E-state index is 0.245. The highest BCUT2D eigenvalue weighted by molar-refractivity contribution is 6.30. The first kappa shape index (κ1) is 13.3. The summed E-state index contributed by atoms with van der Waals surface area (Å²) in [5.74, 6) is 0.802. The molecule has 0 aliphatic rings. The first-order chi connectivity index (χ1) is 7.77. The van der Waals surface area contributed by atoms with Crippen molar-refractivity contribution in [3.63, 3.8) is 0 Å². The van der Waals surface area contributed by atoms with Gasteiger partial charge in [0.1, 0.15) is 5.75 Å². The number of benzene rings is 1. The Hall–Kier alpha value is -0.770. The Morgan fingerprint density at radius 1 is 1.25 bits per heavy atom. The molecule has 0 radical (unpaired) electrons. The van der Waals surface area contributed by atoms with E-state index < -0.39 is 0 Å². The third kappa shape index (κ3) is 4.39. The average molecular weight is 244 g/mol. The van der Waals surface area contributed by atoms with Gasteiger partial charge in [0.2, 0.25) is 0 Å². The molecule has 90 valence electrons. The molecule has 0 unspecified atom stereocenters. The SMILES string of the molecule is NCc1cc(Cl)ccc1OCCCCCO. The summed E-state index contributed by atoms with van der Waals surface area (Å²) in [7, 11) is 0. The van der Waals surface area contributed by atoms with Crippen LogP contribution in [0.15, 0.2) is 18.2 Å². The molecule has 0 saturated carbocycles. The van der Waals surface area contributed by atoms with E-state index in [1.807, 2.05) is 12.1 Å². The van der Waals surface area contributed by atoms with Gasteiger partial charge in [-0.25, -0.2) is 0 Å². The van der Waals surface area contributed by atoms with E-state index in [1.54, 1.807) is 6.07 Å². The van der Waals surface area contributed by atoms with Crippen LogP contribution >= 0.6 is 11.6 Å². The Balaban J connectivity index is 2.41. The summed E-state index contributed by atoms with van der Waals surface area (Å²) in [6.45, 7) is 1.32. The highest BCUT2D eigenvalue weighted by Crippen LogP contribution is 2.22. The summed E-state index contributed by atoms with van der Waals surface area (Å²) < 4.78 is 5.61. The second kappa shape index (κ2) is 7.49. The van der Waals surface area contributed by atoms with Crippen molar-refractivity contribution in [3.05, 3.63) is 28.8 Å². The fraction of sp³-hybridized carbons (Fsp3) is 0.500. The van der Waals surface area contributed by atoms with E-state index in [9.17, 15) is 0 Å². The predicted molar refractivity (Wildman–Crippen MR) is 65.8 cm³/mol. The number of unbranched alkanes of at least 4 members (excludes halogenated alkanes) is 2. The molecule has 3 N–H and O–H groups in total. The highest BCUT2D eigenvalue weighted by Gasteiger charge is 2.02. The van der Waals surface area contributed by atoms with Gasteiger partial charge in [0, 0.05) is 23.7 Å². The number of aliphatic hydroxyl groups is 1. The Labute approximate surface area is 101 Å². The van der Waals surface area contributed by atoms with Gasteiger partial charge >= 0.3 is 0 Å². The quantitative estimate of drug-likeness (QED) is 0.723. The van der Waals surface area contributed by atoms with Gasteiger partial charge in [-0.05, 0) is 37.5 Å². The molecule has 0 aromatic heterocycles. The van der Waals surface area contributed by atoms with Crippen molar-refractivity contribution >= 4 is 11.6 Å². The van der Waals surface area contributed by atoms with Crippen LogP contribution < -0.4 is 10.5 Å². The van der Waals surface area contributed by atoms with Crippen LogP contribution in [-0.2, 0) is 6.54 Å². The van der Waals surface area contributed by atoms with Crippen LogP contribution in [0.2, 0.25) is 5.02 Å². The van der Waals surface area contributed by atoms with Gasteiger partial charge < -0.3 is 15.6 Å². The molecule has 1 aromatic rings. The molecule has 0 bridgehead atoms. The van der Waals surface area contributed by atoms with E-state index in [0.29, 0.717) is 18.2 Å². The zero-order valence-corrected chi connectivity index (χ0v) is 10.0. The van der Waals surface area contributed by atoms with Crippen LogP contribution in [0.5, 0.6) is 5.75 Å². The van der Waals surface area contributed by atoms with E-state index in [-0.39, 0.29) is 6.61 Å². The largest absolute Gasteiger partial charge is 0.493 e. The maximum absolute atomic E-state index is 8.62. The maximum atomic E-state index is 8.62. The van der Waals surface area contributed by atoms with Crippen molar-refractivity contribution in [3.8, 4) is 5.75 Å². The van der Waals surface area contributed by atoms with Crippen LogP contribution in [0.1, 0.15) is 24.8 Å². The number of nitrogens with two attached hydrogens (primary N) is 1. The summed E-state index contributed by atoms with van der Waals surface area (Å²) in [5, 5.41) is 9.30. The fourth-order valence-corrected chi connectivity index (χ4v) is 1.62. The zero-order valence-electron chi connectivity index (χ0n) is 9.29. The number of ether oxygens (including phenoxy) is 1. The molecular weight excluding hydrogens is 226 g/mol. The zero-order chi connectivity index (χ0) is 11.8. The first-order valence-corrected chi connectivity index (χ1v) is 5.88. The topological polar surface area (TPSA) is 55.5 Å². The van der Waals surface area contributed by atoms with Crippen LogP contribution in [0.3, 0.4) is 0 Å². The van der Waals surface area contributed by atoms with Crippen molar-refractivity contribution in [2.24, 2.45) is 5.73 Å². The van der Waals surface area contributed by atoms with E-state index in [4.69, 9.17) is 27.2 Å². The Morgan fingerprint density at radius 2 is 2.06 bits per heavy atom. The van der Waals surface area contributed by atoms with Crippen LogP contribution in [0.25, 0.3) is 0 Å². The van der Waals surface area contributed by atoms with Gasteiger partial charge in [0.15, 0.2) is 0 Å². The normalized spacial score (nSPS) is 10.4. The smallest absolute Gasteiger partial charge is 0.123 e. The number of hydrogen-bond acceptors (Lipinski definition) is 3. The average Bonchev–Trinajstić information content (AvgIpc) is 2.30. The molecule has 0 amide bonds. The molecule has 3 nitrogen and oxygen atoms in total. The number of hydrogen-bond donors (Lipinski definition) is 2. The molecule has 0 aliphatic heterocycles. The molecular formula is C12H18ClNO2. The Bertz CT molecular complexity index is 318. The summed E-state index contributed by atoms with van der Waals surface area (Å²) >= 11 is 5.86. The van der Waals surface area contributed by atoms with Gasteiger partial charge in [-0.3, -0.25) is 0 Å². The van der Waals surface area contributed by atoms with Crippen molar-refractivity contribution < 1.29 is 9.84 Å². The molecule has 0 heterocycles. The van der Waals surface area contributed by atoms with E-state index in [1.165, 1.54) is 0 Å².